The molecule has 1 aromatic heterocycles. The van der Waals surface area contributed by atoms with Gasteiger partial charge >= 0.3 is 12.1 Å². The van der Waals surface area contributed by atoms with E-state index in [9.17, 15) is 18.0 Å². The molecule has 2 aromatic carbocycles. The lowest BCUT2D eigenvalue weighted by Gasteiger charge is -2.17. The van der Waals surface area contributed by atoms with E-state index >= 15 is 0 Å². The quantitative estimate of drug-likeness (QED) is 0.408. The van der Waals surface area contributed by atoms with Crippen molar-refractivity contribution < 1.29 is 18.0 Å². The van der Waals surface area contributed by atoms with E-state index in [0.717, 1.165) is 31.7 Å². The zero-order chi connectivity index (χ0) is 19.9. The van der Waals surface area contributed by atoms with Gasteiger partial charge < -0.3 is 4.90 Å². The summed E-state index contributed by atoms with van der Waals surface area (Å²) in [6.45, 7) is -0.133. The fourth-order valence-corrected chi connectivity index (χ4v) is 4.68. The molecule has 8 heteroatoms. The van der Waals surface area contributed by atoms with Gasteiger partial charge in [-0.05, 0) is 28.8 Å². The summed E-state index contributed by atoms with van der Waals surface area (Å²) in [6, 6.07) is 13.3. The molecule has 0 spiro atoms. The number of thioether (sulfide) groups is 1. The zero-order valence-corrected chi connectivity index (χ0v) is 16.0. The highest BCUT2D eigenvalue weighted by atomic mass is 35.5. The molecule has 0 bridgehead atoms. The molecule has 4 rings (SSSR count). The van der Waals surface area contributed by atoms with Crippen LogP contribution in [0.1, 0.15) is 16.7 Å². The Morgan fingerprint density at radius 3 is 2.64 bits per heavy atom. The number of alkyl halides is 3. The van der Waals surface area contributed by atoms with E-state index in [2.05, 4.69) is 4.98 Å². The SMILES string of the molecule is O=C(N1Cc2cc3cnc(Cl)cc3c(SCc3ccccc3)c2C1)C(F)(F)F. The Hall–Kier alpha value is -2.25. The van der Waals surface area contributed by atoms with Gasteiger partial charge in [-0.2, -0.15) is 13.2 Å². The first-order valence-electron chi connectivity index (χ1n) is 8.46. The summed E-state index contributed by atoms with van der Waals surface area (Å²) in [5.41, 5.74) is 2.55. The lowest BCUT2D eigenvalue weighted by Crippen LogP contribution is -2.37. The highest BCUT2D eigenvalue weighted by molar-refractivity contribution is 7.98. The molecule has 0 N–H and O–H groups in total. The molecule has 1 aliphatic heterocycles. The third-order valence-corrected chi connectivity index (χ3v) is 6.04. The Bertz CT molecular complexity index is 1060. The number of aromatic nitrogens is 1. The van der Waals surface area contributed by atoms with Crippen molar-refractivity contribution in [2.45, 2.75) is 29.9 Å². The Balaban J connectivity index is 1.75. The number of pyridine rings is 1. The van der Waals surface area contributed by atoms with Crippen LogP contribution in [0.2, 0.25) is 5.15 Å². The number of hydrogen-bond donors (Lipinski definition) is 0. The van der Waals surface area contributed by atoms with E-state index in [1.165, 1.54) is 11.8 Å². The van der Waals surface area contributed by atoms with Gasteiger partial charge in [-0.3, -0.25) is 4.79 Å². The molecule has 1 aliphatic rings. The van der Waals surface area contributed by atoms with Crippen LogP contribution in [0.4, 0.5) is 13.2 Å². The Morgan fingerprint density at radius 1 is 1.18 bits per heavy atom. The topological polar surface area (TPSA) is 33.2 Å². The smallest absolute Gasteiger partial charge is 0.326 e. The molecule has 3 nitrogen and oxygen atoms in total. The third kappa shape index (κ3) is 3.69. The second-order valence-electron chi connectivity index (χ2n) is 6.50. The molecule has 0 saturated carbocycles. The molecule has 0 saturated heterocycles. The first-order chi connectivity index (χ1) is 13.3. The number of hydrogen-bond acceptors (Lipinski definition) is 3. The minimum Gasteiger partial charge on any atom is -0.326 e. The van der Waals surface area contributed by atoms with Gasteiger partial charge in [0.25, 0.3) is 0 Å². The molecule has 28 heavy (non-hydrogen) atoms. The maximum Gasteiger partial charge on any atom is 0.471 e. The predicted octanol–water partition coefficient (Wildman–Crippen LogP) is 5.59. The standard InChI is InChI=1S/C20H14ClF3N2OS/c21-17-7-15-13(8-25-17)6-14-9-26(19(27)20(22,23)24)10-16(14)18(15)28-11-12-4-2-1-3-5-12/h1-8H,9-11H2. The van der Waals surface area contributed by atoms with E-state index in [-0.39, 0.29) is 13.1 Å². The number of benzene rings is 2. The van der Waals surface area contributed by atoms with Gasteiger partial charge in [-0.1, -0.05) is 41.9 Å². The maximum absolute atomic E-state index is 12.9. The summed E-state index contributed by atoms with van der Waals surface area (Å²) in [6.07, 6.45) is -3.28. The van der Waals surface area contributed by atoms with Crippen LogP contribution in [0.25, 0.3) is 10.8 Å². The summed E-state index contributed by atoms with van der Waals surface area (Å²) in [4.78, 5) is 17.5. The summed E-state index contributed by atoms with van der Waals surface area (Å²) < 4.78 is 38.7. The highest BCUT2D eigenvalue weighted by Gasteiger charge is 2.44. The zero-order valence-electron chi connectivity index (χ0n) is 14.5. The summed E-state index contributed by atoms with van der Waals surface area (Å²) in [7, 11) is 0. The van der Waals surface area contributed by atoms with Crippen molar-refractivity contribution in [2.75, 3.05) is 0 Å². The predicted molar refractivity (Wildman–Crippen MR) is 103 cm³/mol. The minimum atomic E-state index is -4.89. The average Bonchev–Trinajstić information content (AvgIpc) is 3.08. The van der Waals surface area contributed by atoms with Crippen LogP contribution in [0.5, 0.6) is 0 Å². The average molecular weight is 423 g/mol. The fourth-order valence-electron chi connectivity index (χ4n) is 3.32. The van der Waals surface area contributed by atoms with Crippen LogP contribution in [0, 0.1) is 0 Å². The van der Waals surface area contributed by atoms with Gasteiger partial charge in [-0.25, -0.2) is 4.98 Å². The van der Waals surface area contributed by atoms with Crippen LogP contribution in [-0.4, -0.2) is 22.0 Å². The van der Waals surface area contributed by atoms with E-state index in [4.69, 9.17) is 11.6 Å². The molecule has 0 unspecified atom stereocenters. The van der Waals surface area contributed by atoms with Crippen molar-refractivity contribution in [3.63, 3.8) is 0 Å². The summed E-state index contributed by atoms with van der Waals surface area (Å²) >= 11 is 7.60. The number of carbonyl (C=O) groups excluding carboxylic acids is 1. The van der Waals surface area contributed by atoms with Crippen LogP contribution in [0.3, 0.4) is 0 Å². The molecule has 1 amide bonds. The van der Waals surface area contributed by atoms with E-state index in [1.54, 1.807) is 18.3 Å². The number of nitrogens with zero attached hydrogens (tertiary/aromatic N) is 2. The first-order valence-corrected chi connectivity index (χ1v) is 9.82. The maximum atomic E-state index is 12.9. The summed E-state index contributed by atoms with van der Waals surface area (Å²) in [5.74, 6) is -1.16. The number of rotatable bonds is 3. The van der Waals surface area contributed by atoms with Crippen molar-refractivity contribution in [1.82, 2.24) is 9.88 Å². The van der Waals surface area contributed by atoms with Crippen LogP contribution in [-0.2, 0) is 23.6 Å². The van der Waals surface area contributed by atoms with Gasteiger partial charge in [0.1, 0.15) is 5.15 Å². The fraction of sp³-hybridized carbons (Fsp3) is 0.200. The third-order valence-electron chi connectivity index (χ3n) is 4.60. The molecule has 3 aromatic rings. The minimum absolute atomic E-state index is 0.0643. The normalized spacial score (nSPS) is 13.8. The van der Waals surface area contributed by atoms with Gasteiger partial charge in [0.15, 0.2) is 0 Å². The lowest BCUT2D eigenvalue weighted by molar-refractivity contribution is -0.186. The highest BCUT2D eigenvalue weighted by Crippen LogP contribution is 2.41. The molecule has 0 aliphatic carbocycles. The Kier molecular flexibility index (Phi) is 4.97. The van der Waals surface area contributed by atoms with Crippen molar-refractivity contribution >= 4 is 40.0 Å². The number of fused-ring (bicyclic) bond motifs is 2. The van der Waals surface area contributed by atoms with Crippen molar-refractivity contribution in [1.29, 1.82) is 0 Å². The van der Waals surface area contributed by atoms with E-state index in [1.807, 2.05) is 30.3 Å². The second kappa shape index (κ2) is 7.29. The van der Waals surface area contributed by atoms with Crippen molar-refractivity contribution in [3.05, 3.63) is 70.5 Å². The molecule has 0 atom stereocenters. The Morgan fingerprint density at radius 2 is 1.93 bits per heavy atom. The molecular weight excluding hydrogens is 409 g/mol. The number of amides is 1. The monoisotopic (exact) mass is 422 g/mol. The van der Waals surface area contributed by atoms with E-state index in [0.29, 0.717) is 16.5 Å². The van der Waals surface area contributed by atoms with Crippen LogP contribution in [0.15, 0.2) is 53.6 Å². The largest absolute Gasteiger partial charge is 0.471 e. The number of carbonyl (C=O) groups is 1. The van der Waals surface area contributed by atoms with Crippen molar-refractivity contribution in [3.8, 4) is 0 Å². The first kappa shape index (κ1) is 19.1. The Labute approximate surface area is 168 Å². The summed E-state index contributed by atoms with van der Waals surface area (Å²) in [5, 5.41) is 1.94. The van der Waals surface area contributed by atoms with Crippen LogP contribution < -0.4 is 0 Å². The molecule has 0 radical (unpaired) electrons. The van der Waals surface area contributed by atoms with Crippen molar-refractivity contribution in [2.24, 2.45) is 0 Å². The van der Waals surface area contributed by atoms with Gasteiger partial charge in [-0.15, -0.1) is 11.8 Å². The molecule has 0 fully saturated rings. The van der Waals surface area contributed by atoms with E-state index < -0.39 is 12.1 Å². The second-order valence-corrected chi connectivity index (χ2v) is 7.88. The van der Waals surface area contributed by atoms with Crippen LogP contribution >= 0.6 is 23.4 Å². The van der Waals surface area contributed by atoms with Gasteiger partial charge in [0.05, 0.1) is 0 Å². The molecule has 2 heterocycles. The van der Waals surface area contributed by atoms with Gasteiger partial charge in [0.2, 0.25) is 0 Å². The van der Waals surface area contributed by atoms with Gasteiger partial charge in [0, 0.05) is 40.7 Å². The molecule has 144 valence electrons. The number of halogens is 4. The lowest BCUT2D eigenvalue weighted by atomic mass is 10.0. The molecular formula is C20H14ClF3N2OS.